The second-order valence-electron chi connectivity index (χ2n) is 5.77. The molecule has 0 aromatic heterocycles. The van der Waals surface area contributed by atoms with Crippen LogP contribution in [0.2, 0.25) is 0 Å². The first-order valence-electron chi connectivity index (χ1n) is 7.23. The smallest absolute Gasteiger partial charge is 0.317 e. The number of nitrogens with one attached hydrogen (secondary N) is 1. The van der Waals surface area contributed by atoms with E-state index in [4.69, 9.17) is 0 Å². The standard InChI is InChI=1S/C17H24N2O/c1-12-10-13(2)15-7-5-6-14(16(15)11-12)8-9-18-17(20)19(3)4/h8,10-11H,5-7,9H2,1-4H3,(H,18,20)/b14-8+. The van der Waals surface area contributed by atoms with Crippen LogP contribution in [0.4, 0.5) is 4.79 Å². The van der Waals surface area contributed by atoms with Gasteiger partial charge in [0.15, 0.2) is 0 Å². The molecule has 20 heavy (non-hydrogen) atoms. The number of hydrogen-bond donors (Lipinski definition) is 1. The highest BCUT2D eigenvalue weighted by Gasteiger charge is 2.16. The van der Waals surface area contributed by atoms with Crippen LogP contribution in [-0.4, -0.2) is 31.6 Å². The highest BCUT2D eigenvalue weighted by Crippen LogP contribution is 2.33. The lowest BCUT2D eigenvalue weighted by Crippen LogP contribution is -2.34. The Hall–Kier alpha value is -1.77. The molecule has 0 heterocycles. The van der Waals surface area contributed by atoms with Crippen molar-refractivity contribution < 1.29 is 4.79 Å². The molecule has 1 aromatic carbocycles. The Morgan fingerprint density at radius 3 is 2.75 bits per heavy atom. The number of aryl methyl sites for hydroxylation is 2. The largest absolute Gasteiger partial charge is 0.335 e. The Bertz CT molecular complexity index is 544. The number of urea groups is 1. The molecule has 0 spiro atoms. The average Bonchev–Trinajstić information content (AvgIpc) is 2.39. The van der Waals surface area contributed by atoms with Crippen molar-refractivity contribution in [3.8, 4) is 0 Å². The molecule has 0 saturated carbocycles. The molecular weight excluding hydrogens is 248 g/mol. The lowest BCUT2D eigenvalue weighted by atomic mass is 9.83. The summed E-state index contributed by atoms with van der Waals surface area (Å²) in [7, 11) is 3.51. The van der Waals surface area contributed by atoms with Crippen molar-refractivity contribution >= 4 is 11.6 Å². The summed E-state index contributed by atoms with van der Waals surface area (Å²) in [6.07, 6.45) is 5.64. The third kappa shape index (κ3) is 3.21. The molecule has 2 amide bonds. The Balaban J connectivity index is 2.18. The van der Waals surface area contributed by atoms with E-state index in [1.807, 2.05) is 0 Å². The van der Waals surface area contributed by atoms with E-state index in [0.717, 1.165) is 6.42 Å². The Morgan fingerprint density at radius 2 is 2.05 bits per heavy atom. The zero-order valence-corrected chi connectivity index (χ0v) is 12.9. The number of benzene rings is 1. The van der Waals surface area contributed by atoms with Crippen molar-refractivity contribution in [1.82, 2.24) is 10.2 Å². The average molecular weight is 272 g/mol. The molecule has 108 valence electrons. The Labute approximate surface area is 121 Å². The van der Waals surface area contributed by atoms with E-state index in [0.29, 0.717) is 6.54 Å². The summed E-state index contributed by atoms with van der Waals surface area (Å²) in [5.74, 6) is 0. The van der Waals surface area contributed by atoms with E-state index >= 15 is 0 Å². The second kappa shape index (κ2) is 6.12. The van der Waals surface area contributed by atoms with Gasteiger partial charge < -0.3 is 10.2 Å². The maximum absolute atomic E-state index is 11.5. The Morgan fingerprint density at radius 1 is 1.30 bits per heavy atom. The van der Waals surface area contributed by atoms with E-state index in [1.165, 1.54) is 40.7 Å². The van der Waals surface area contributed by atoms with Gasteiger partial charge in [-0.3, -0.25) is 0 Å². The maximum atomic E-state index is 11.5. The molecule has 1 aromatic rings. The SMILES string of the molecule is Cc1cc(C)c2c(c1)/C(=C/CNC(=O)N(C)C)CCC2. The van der Waals surface area contributed by atoms with Crippen LogP contribution in [0.25, 0.3) is 5.57 Å². The molecule has 3 nitrogen and oxygen atoms in total. The molecule has 0 radical (unpaired) electrons. The van der Waals surface area contributed by atoms with Gasteiger partial charge in [0.25, 0.3) is 0 Å². The summed E-state index contributed by atoms with van der Waals surface area (Å²) in [6, 6.07) is 4.50. The number of carbonyl (C=O) groups excluding carboxylic acids is 1. The fourth-order valence-electron chi connectivity index (χ4n) is 2.84. The van der Waals surface area contributed by atoms with Gasteiger partial charge in [-0.15, -0.1) is 0 Å². The molecule has 1 aliphatic rings. The summed E-state index contributed by atoms with van der Waals surface area (Å²) in [5, 5.41) is 2.90. The van der Waals surface area contributed by atoms with E-state index < -0.39 is 0 Å². The van der Waals surface area contributed by atoms with Crippen LogP contribution in [0, 0.1) is 13.8 Å². The zero-order valence-electron chi connectivity index (χ0n) is 12.9. The predicted octanol–water partition coefficient (Wildman–Crippen LogP) is 3.29. The van der Waals surface area contributed by atoms with Gasteiger partial charge in [-0.05, 0) is 55.4 Å². The fraction of sp³-hybridized carbons (Fsp3) is 0.471. The van der Waals surface area contributed by atoms with Crippen molar-refractivity contribution in [2.75, 3.05) is 20.6 Å². The lowest BCUT2D eigenvalue weighted by molar-refractivity contribution is 0.218. The van der Waals surface area contributed by atoms with Crippen LogP contribution >= 0.6 is 0 Å². The minimum absolute atomic E-state index is 0.0432. The molecule has 1 N–H and O–H groups in total. The molecule has 1 aliphatic carbocycles. The molecule has 0 bridgehead atoms. The van der Waals surface area contributed by atoms with Gasteiger partial charge in [-0.2, -0.15) is 0 Å². The van der Waals surface area contributed by atoms with Crippen LogP contribution in [0.5, 0.6) is 0 Å². The first-order valence-corrected chi connectivity index (χ1v) is 7.23. The van der Waals surface area contributed by atoms with Gasteiger partial charge in [0.2, 0.25) is 0 Å². The number of amides is 2. The van der Waals surface area contributed by atoms with Crippen molar-refractivity contribution in [1.29, 1.82) is 0 Å². The molecule has 2 rings (SSSR count). The fourth-order valence-corrected chi connectivity index (χ4v) is 2.84. The van der Waals surface area contributed by atoms with E-state index in [1.54, 1.807) is 19.0 Å². The van der Waals surface area contributed by atoms with Crippen LogP contribution in [0.1, 0.15) is 35.1 Å². The van der Waals surface area contributed by atoms with Crippen molar-refractivity contribution in [2.45, 2.75) is 33.1 Å². The van der Waals surface area contributed by atoms with Crippen LogP contribution in [0.15, 0.2) is 18.2 Å². The maximum Gasteiger partial charge on any atom is 0.317 e. The van der Waals surface area contributed by atoms with E-state index in [9.17, 15) is 4.79 Å². The quantitative estimate of drug-likeness (QED) is 0.880. The monoisotopic (exact) mass is 272 g/mol. The van der Waals surface area contributed by atoms with Gasteiger partial charge in [0.1, 0.15) is 0 Å². The third-order valence-corrected chi connectivity index (χ3v) is 3.84. The first-order chi connectivity index (χ1) is 9.49. The minimum Gasteiger partial charge on any atom is -0.335 e. The number of hydrogen-bond acceptors (Lipinski definition) is 1. The Kier molecular flexibility index (Phi) is 4.48. The summed E-state index contributed by atoms with van der Waals surface area (Å²) in [5.41, 5.74) is 6.94. The van der Waals surface area contributed by atoms with Gasteiger partial charge in [-0.25, -0.2) is 4.79 Å². The van der Waals surface area contributed by atoms with Gasteiger partial charge in [0.05, 0.1) is 0 Å². The van der Waals surface area contributed by atoms with E-state index in [2.05, 4.69) is 37.4 Å². The van der Waals surface area contributed by atoms with Crippen molar-refractivity contribution in [2.24, 2.45) is 0 Å². The molecule has 0 saturated heterocycles. The molecule has 0 aliphatic heterocycles. The number of fused-ring (bicyclic) bond motifs is 1. The number of allylic oxidation sites excluding steroid dienone is 1. The summed E-state index contributed by atoms with van der Waals surface area (Å²) in [6.45, 7) is 4.94. The highest BCUT2D eigenvalue weighted by atomic mass is 16.2. The van der Waals surface area contributed by atoms with Gasteiger partial charge in [-0.1, -0.05) is 23.8 Å². The van der Waals surface area contributed by atoms with E-state index in [-0.39, 0.29) is 6.03 Å². The zero-order chi connectivity index (χ0) is 14.7. The van der Waals surface area contributed by atoms with Crippen molar-refractivity contribution in [3.05, 3.63) is 40.5 Å². The van der Waals surface area contributed by atoms with Crippen molar-refractivity contribution in [3.63, 3.8) is 0 Å². The summed E-state index contributed by atoms with van der Waals surface area (Å²) >= 11 is 0. The van der Waals surface area contributed by atoms with Gasteiger partial charge in [0, 0.05) is 20.6 Å². The summed E-state index contributed by atoms with van der Waals surface area (Å²) in [4.78, 5) is 13.1. The number of carbonyl (C=O) groups is 1. The van der Waals surface area contributed by atoms with Crippen LogP contribution in [-0.2, 0) is 6.42 Å². The molecular formula is C17H24N2O. The topological polar surface area (TPSA) is 32.3 Å². The highest BCUT2D eigenvalue weighted by molar-refractivity contribution is 5.75. The molecule has 3 heteroatoms. The normalized spacial score (nSPS) is 15.9. The van der Waals surface area contributed by atoms with Gasteiger partial charge >= 0.3 is 6.03 Å². The number of nitrogens with zero attached hydrogens (tertiary/aromatic N) is 1. The molecule has 0 fully saturated rings. The second-order valence-corrected chi connectivity index (χ2v) is 5.77. The predicted molar refractivity (Wildman–Crippen MR) is 83.9 cm³/mol. The molecule has 0 unspecified atom stereocenters. The number of rotatable bonds is 2. The van der Waals surface area contributed by atoms with Crippen LogP contribution in [0.3, 0.4) is 0 Å². The van der Waals surface area contributed by atoms with Crippen LogP contribution < -0.4 is 5.32 Å². The third-order valence-electron chi connectivity index (χ3n) is 3.84. The minimum atomic E-state index is -0.0432. The summed E-state index contributed by atoms with van der Waals surface area (Å²) < 4.78 is 0. The molecule has 0 atom stereocenters. The lowest BCUT2D eigenvalue weighted by Gasteiger charge is -2.22. The first kappa shape index (κ1) is 14.6.